The first kappa shape index (κ1) is 26.3. The lowest BCUT2D eigenvalue weighted by Gasteiger charge is -2.31. The smallest absolute Gasteiger partial charge is 0.407 e. The van der Waals surface area contributed by atoms with Crippen LogP contribution in [-0.2, 0) is 16.1 Å². The summed E-state index contributed by atoms with van der Waals surface area (Å²) in [4.78, 5) is 30.4. The maximum Gasteiger partial charge on any atom is 0.407 e. The largest absolute Gasteiger partial charge is 0.445 e. The Morgan fingerprint density at radius 1 is 1.02 bits per heavy atom. The van der Waals surface area contributed by atoms with Crippen LogP contribution in [0, 0.1) is 12.8 Å². The number of anilines is 1. The Morgan fingerprint density at radius 2 is 1.83 bits per heavy atom. The number of nitrogens with one attached hydrogen (secondary N) is 3. The Bertz CT molecular complexity index is 1660. The van der Waals surface area contributed by atoms with Crippen molar-refractivity contribution >= 4 is 28.8 Å². The first-order valence-corrected chi connectivity index (χ1v) is 13.8. The molecule has 2 unspecified atom stereocenters. The Labute approximate surface area is 237 Å². The number of carbonyl (C=O) groups excluding carboxylic acids is 2. The fourth-order valence-corrected chi connectivity index (χ4v) is 5.30. The van der Waals surface area contributed by atoms with Crippen molar-refractivity contribution < 1.29 is 18.7 Å². The number of fused-ring (bicyclic) bond motifs is 1. The van der Waals surface area contributed by atoms with E-state index < -0.39 is 6.09 Å². The number of hydrogen-bond donors (Lipinski definition) is 3. The van der Waals surface area contributed by atoms with E-state index in [1.54, 1.807) is 6.20 Å². The van der Waals surface area contributed by atoms with E-state index in [0.29, 0.717) is 18.0 Å². The van der Waals surface area contributed by atoms with Gasteiger partial charge < -0.3 is 19.8 Å². The van der Waals surface area contributed by atoms with Gasteiger partial charge in [0.15, 0.2) is 5.58 Å². The molecule has 1 aliphatic rings. The van der Waals surface area contributed by atoms with Gasteiger partial charge in [-0.2, -0.15) is 5.10 Å². The van der Waals surface area contributed by atoms with E-state index in [-0.39, 0.29) is 24.5 Å². The van der Waals surface area contributed by atoms with Gasteiger partial charge in [-0.15, -0.1) is 0 Å². The molecule has 0 spiro atoms. The molecule has 2 amide bonds. The number of rotatable bonds is 7. The lowest BCUT2D eigenvalue weighted by molar-refractivity contribution is -0.121. The standard InChI is InChI=1S/C32H31N5O4/c1-20-11-16-27-28(17-20)41-31(35-27)25-18-33-37-29(25)22-12-14-23(15-13-22)34-30(38)24-9-5-6-10-26(24)36-32(39)40-19-21-7-3-2-4-8-21/h2-4,7-8,11-18,24,26H,5-6,9-10,19H2,1H3,(H,33,37)(H,34,38)(H,36,39). The van der Waals surface area contributed by atoms with Crippen LogP contribution < -0.4 is 10.6 Å². The van der Waals surface area contributed by atoms with Crippen LogP contribution in [0.4, 0.5) is 10.5 Å². The number of ether oxygens (including phenoxy) is 1. The number of oxazole rings is 1. The van der Waals surface area contributed by atoms with E-state index in [0.717, 1.165) is 58.3 Å². The van der Waals surface area contributed by atoms with Gasteiger partial charge in [0.05, 0.1) is 23.4 Å². The monoisotopic (exact) mass is 549 g/mol. The number of aryl methyl sites for hydroxylation is 1. The summed E-state index contributed by atoms with van der Waals surface area (Å²) in [5.41, 5.74) is 6.61. The Morgan fingerprint density at radius 3 is 2.66 bits per heavy atom. The Kier molecular flexibility index (Phi) is 7.49. The summed E-state index contributed by atoms with van der Waals surface area (Å²) in [7, 11) is 0. The van der Waals surface area contributed by atoms with Gasteiger partial charge in [0.1, 0.15) is 12.1 Å². The molecule has 1 fully saturated rings. The van der Waals surface area contributed by atoms with Crippen molar-refractivity contribution in [2.24, 2.45) is 5.92 Å². The number of H-pyrrole nitrogens is 1. The first-order valence-electron chi connectivity index (χ1n) is 13.8. The van der Waals surface area contributed by atoms with Gasteiger partial charge in [-0.05, 0) is 55.2 Å². The zero-order valence-corrected chi connectivity index (χ0v) is 22.7. The molecule has 1 aliphatic carbocycles. The molecular weight excluding hydrogens is 518 g/mol. The summed E-state index contributed by atoms with van der Waals surface area (Å²) in [5, 5.41) is 13.2. The van der Waals surface area contributed by atoms with Crippen LogP contribution in [0.25, 0.3) is 33.8 Å². The molecule has 2 atom stereocenters. The summed E-state index contributed by atoms with van der Waals surface area (Å²) in [5.74, 6) is 0.0365. The summed E-state index contributed by atoms with van der Waals surface area (Å²) < 4.78 is 11.4. The Hall–Kier alpha value is -4.92. The van der Waals surface area contributed by atoms with Crippen molar-refractivity contribution in [1.82, 2.24) is 20.5 Å². The lowest BCUT2D eigenvalue weighted by Crippen LogP contribution is -2.46. The average Bonchev–Trinajstić information content (AvgIpc) is 3.64. The maximum atomic E-state index is 13.3. The quantitative estimate of drug-likeness (QED) is 0.210. The van der Waals surface area contributed by atoms with Crippen LogP contribution in [0.3, 0.4) is 0 Å². The van der Waals surface area contributed by atoms with Gasteiger partial charge in [-0.1, -0.05) is 61.4 Å². The first-order chi connectivity index (χ1) is 20.0. The van der Waals surface area contributed by atoms with E-state index in [9.17, 15) is 9.59 Å². The third-order valence-corrected chi connectivity index (χ3v) is 7.47. The average molecular weight is 550 g/mol. The van der Waals surface area contributed by atoms with E-state index in [4.69, 9.17) is 9.15 Å². The molecule has 2 aromatic heterocycles. The number of amides is 2. The second kappa shape index (κ2) is 11.7. The number of nitrogens with zero attached hydrogens (tertiary/aromatic N) is 2. The summed E-state index contributed by atoms with van der Waals surface area (Å²) in [6.07, 6.45) is 4.52. The molecule has 3 aromatic carbocycles. The number of alkyl carbamates (subject to hydrolysis) is 1. The molecule has 208 valence electrons. The summed E-state index contributed by atoms with van der Waals surface area (Å²) in [6, 6.07) is 22.7. The van der Waals surface area contributed by atoms with E-state index in [1.807, 2.05) is 79.7 Å². The minimum absolute atomic E-state index is 0.116. The highest BCUT2D eigenvalue weighted by atomic mass is 16.5. The molecule has 3 N–H and O–H groups in total. The van der Waals surface area contributed by atoms with Crippen LogP contribution >= 0.6 is 0 Å². The zero-order chi connectivity index (χ0) is 28.2. The topological polar surface area (TPSA) is 122 Å². The molecule has 2 heterocycles. The number of aromatic nitrogens is 3. The van der Waals surface area contributed by atoms with Crippen molar-refractivity contribution in [1.29, 1.82) is 0 Å². The molecule has 9 nitrogen and oxygen atoms in total. The van der Waals surface area contributed by atoms with Gasteiger partial charge in [-0.25, -0.2) is 9.78 Å². The van der Waals surface area contributed by atoms with E-state index in [1.165, 1.54) is 0 Å². The molecule has 6 rings (SSSR count). The van der Waals surface area contributed by atoms with Gasteiger partial charge in [0, 0.05) is 17.3 Å². The highest BCUT2D eigenvalue weighted by Gasteiger charge is 2.32. The van der Waals surface area contributed by atoms with Gasteiger partial charge in [-0.3, -0.25) is 9.89 Å². The number of carbonyl (C=O) groups is 2. The predicted molar refractivity (Wildman–Crippen MR) is 156 cm³/mol. The summed E-state index contributed by atoms with van der Waals surface area (Å²) in [6.45, 7) is 2.20. The minimum atomic E-state index is -0.507. The van der Waals surface area contributed by atoms with Crippen molar-refractivity contribution in [3.05, 3.63) is 90.1 Å². The van der Waals surface area contributed by atoms with Crippen molar-refractivity contribution in [3.8, 4) is 22.7 Å². The molecule has 41 heavy (non-hydrogen) atoms. The zero-order valence-electron chi connectivity index (χ0n) is 22.7. The van der Waals surface area contributed by atoms with Crippen LogP contribution in [0.5, 0.6) is 0 Å². The predicted octanol–water partition coefficient (Wildman–Crippen LogP) is 6.62. The molecule has 0 bridgehead atoms. The molecule has 5 aromatic rings. The van der Waals surface area contributed by atoms with Gasteiger partial charge >= 0.3 is 6.09 Å². The van der Waals surface area contributed by atoms with Crippen LogP contribution in [0.1, 0.15) is 36.8 Å². The second-order valence-corrected chi connectivity index (χ2v) is 10.4. The van der Waals surface area contributed by atoms with Crippen molar-refractivity contribution in [2.75, 3.05) is 5.32 Å². The van der Waals surface area contributed by atoms with Crippen LogP contribution in [-0.4, -0.2) is 33.2 Å². The van der Waals surface area contributed by atoms with Gasteiger partial charge in [0.2, 0.25) is 11.8 Å². The molecule has 0 saturated heterocycles. The fraction of sp³-hybridized carbons (Fsp3) is 0.250. The summed E-state index contributed by atoms with van der Waals surface area (Å²) >= 11 is 0. The third kappa shape index (κ3) is 5.99. The second-order valence-electron chi connectivity index (χ2n) is 10.4. The number of aromatic amines is 1. The van der Waals surface area contributed by atoms with E-state index in [2.05, 4.69) is 25.8 Å². The maximum absolute atomic E-state index is 13.3. The fourth-order valence-electron chi connectivity index (χ4n) is 5.30. The molecular formula is C32H31N5O4. The number of benzene rings is 3. The Balaban J connectivity index is 1.10. The van der Waals surface area contributed by atoms with Crippen LogP contribution in [0.2, 0.25) is 0 Å². The highest BCUT2D eigenvalue weighted by Crippen LogP contribution is 2.33. The SMILES string of the molecule is Cc1ccc2nc(-c3cn[nH]c3-c3ccc(NC(=O)C4CCCCC4NC(=O)OCc4ccccc4)cc3)oc2c1. The normalized spacial score (nSPS) is 16.8. The molecule has 0 aliphatic heterocycles. The highest BCUT2D eigenvalue weighted by molar-refractivity contribution is 5.94. The number of hydrogen-bond acceptors (Lipinski definition) is 6. The van der Waals surface area contributed by atoms with E-state index >= 15 is 0 Å². The molecule has 0 radical (unpaired) electrons. The van der Waals surface area contributed by atoms with Crippen molar-refractivity contribution in [2.45, 2.75) is 45.3 Å². The minimum Gasteiger partial charge on any atom is -0.445 e. The molecule has 9 heteroatoms. The van der Waals surface area contributed by atoms with Crippen molar-refractivity contribution in [3.63, 3.8) is 0 Å². The van der Waals surface area contributed by atoms with Crippen LogP contribution in [0.15, 0.2) is 83.4 Å². The lowest BCUT2D eigenvalue weighted by atomic mass is 9.84. The third-order valence-electron chi connectivity index (χ3n) is 7.47. The molecule has 1 saturated carbocycles. The van der Waals surface area contributed by atoms with Gasteiger partial charge in [0.25, 0.3) is 0 Å².